The van der Waals surface area contributed by atoms with E-state index in [0.29, 0.717) is 5.69 Å². The van der Waals surface area contributed by atoms with Crippen LogP contribution < -0.4 is 5.43 Å². The van der Waals surface area contributed by atoms with Crippen LogP contribution in [-0.4, -0.2) is 21.8 Å². The number of H-pyrrole nitrogens is 1. The molecule has 4 aromatic rings. The Bertz CT molecular complexity index is 1170. The molecule has 0 aliphatic carbocycles. The molecule has 0 aliphatic heterocycles. The van der Waals surface area contributed by atoms with Crippen molar-refractivity contribution in [2.75, 3.05) is 0 Å². The second kappa shape index (κ2) is 7.48. The van der Waals surface area contributed by atoms with Crippen molar-refractivity contribution in [2.24, 2.45) is 5.10 Å². The number of aromatic nitrogens is 2. The Balaban J connectivity index is 1.53. The summed E-state index contributed by atoms with van der Waals surface area (Å²) in [6.45, 7) is 3.91. The molecule has 0 saturated carbocycles. The van der Waals surface area contributed by atoms with Gasteiger partial charge in [0.1, 0.15) is 5.69 Å². The van der Waals surface area contributed by atoms with Crippen LogP contribution in [0, 0.1) is 6.92 Å². The zero-order valence-electron chi connectivity index (χ0n) is 15.7. The summed E-state index contributed by atoms with van der Waals surface area (Å²) < 4.78 is 0. The van der Waals surface area contributed by atoms with Crippen molar-refractivity contribution in [3.8, 4) is 11.3 Å². The summed E-state index contributed by atoms with van der Waals surface area (Å²) in [5.41, 5.74) is 7.56. The van der Waals surface area contributed by atoms with Crippen molar-refractivity contribution in [3.63, 3.8) is 0 Å². The van der Waals surface area contributed by atoms with Gasteiger partial charge in [-0.2, -0.15) is 10.2 Å². The lowest BCUT2D eigenvalue weighted by Gasteiger charge is -2.06. The van der Waals surface area contributed by atoms with Gasteiger partial charge in [-0.25, -0.2) is 5.43 Å². The summed E-state index contributed by atoms with van der Waals surface area (Å²) in [7, 11) is 0. The zero-order valence-corrected chi connectivity index (χ0v) is 15.7. The molecule has 0 unspecified atom stereocenters. The van der Waals surface area contributed by atoms with Crippen LogP contribution in [0.15, 0.2) is 77.9 Å². The van der Waals surface area contributed by atoms with Crippen molar-refractivity contribution in [1.82, 2.24) is 15.6 Å². The van der Waals surface area contributed by atoms with Crippen LogP contribution in [0.25, 0.3) is 22.0 Å². The highest BCUT2D eigenvalue weighted by molar-refractivity contribution is 6.10. The SMILES string of the molecule is C/C(=N\NC(=O)c1cc(-c2ccc(C)cc2)n[nH]1)c1cccc2ccccc12. The quantitative estimate of drug-likeness (QED) is 0.405. The van der Waals surface area contributed by atoms with E-state index in [1.165, 1.54) is 5.56 Å². The number of rotatable bonds is 4. The second-order valence-corrected chi connectivity index (χ2v) is 6.70. The van der Waals surface area contributed by atoms with Gasteiger partial charge in [0.15, 0.2) is 0 Å². The Morgan fingerprint density at radius 2 is 1.75 bits per heavy atom. The molecule has 5 nitrogen and oxygen atoms in total. The average molecular weight is 368 g/mol. The molecule has 5 heteroatoms. The average Bonchev–Trinajstić information content (AvgIpc) is 3.22. The highest BCUT2D eigenvalue weighted by Crippen LogP contribution is 2.20. The topological polar surface area (TPSA) is 70.1 Å². The number of nitrogens with zero attached hydrogens (tertiary/aromatic N) is 2. The highest BCUT2D eigenvalue weighted by atomic mass is 16.2. The molecule has 0 fully saturated rings. The second-order valence-electron chi connectivity index (χ2n) is 6.70. The van der Waals surface area contributed by atoms with E-state index < -0.39 is 0 Å². The van der Waals surface area contributed by atoms with Gasteiger partial charge in [0.25, 0.3) is 5.91 Å². The van der Waals surface area contributed by atoms with Crippen molar-refractivity contribution < 1.29 is 4.79 Å². The van der Waals surface area contributed by atoms with E-state index in [4.69, 9.17) is 0 Å². The van der Waals surface area contributed by atoms with Crippen molar-refractivity contribution >= 4 is 22.4 Å². The first-order chi connectivity index (χ1) is 13.6. The van der Waals surface area contributed by atoms with Gasteiger partial charge >= 0.3 is 0 Å². The molecular weight excluding hydrogens is 348 g/mol. The third-order valence-corrected chi connectivity index (χ3v) is 4.67. The Hall–Kier alpha value is -3.73. The summed E-state index contributed by atoms with van der Waals surface area (Å²) in [6.07, 6.45) is 0. The van der Waals surface area contributed by atoms with Gasteiger partial charge < -0.3 is 0 Å². The normalized spacial score (nSPS) is 11.6. The van der Waals surface area contributed by atoms with Gasteiger partial charge in [0.05, 0.1) is 11.4 Å². The van der Waals surface area contributed by atoms with Crippen LogP contribution in [0.2, 0.25) is 0 Å². The van der Waals surface area contributed by atoms with E-state index in [0.717, 1.165) is 33.3 Å². The number of hydrogen-bond acceptors (Lipinski definition) is 3. The van der Waals surface area contributed by atoms with Crippen LogP contribution in [0.5, 0.6) is 0 Å². The largest absolute Gasteiger partial charge is 0.289 e. The molecule has 2 N–H and O–H groups in total. The maximum Gasteiger partial charge on any atom is 0.289 e. The van der Waals surface area contributed by atoms with Gasteiger partial charge in [-0.15, -0.1) is 0 Å². The minimum Gasteiger partial charge on any atom is -0.272 e. The first-order valence-corrected chi connectivity index (χ1v) is 9.07. The predicted octanol–water partition coefficient (Wildman–Crippen LogP) is 4.69. The van der Waals surface area contributed by atoms with Crippen LogP contribution in [-0.2, 0) is 0 Å². The molecule has 138 valence electrons. The van der Waals surface area contributed by atoms with Gasteiger partial charge in [-0.3, -0.25) is 9.89 Å². The molecule has 0 radical (unpaired) electrons. The highest BCUT2D eigenvalue weighted by Gasteiger charge is 2.11. The molecule has 0 atom stereocenters. The maximum absolute atomic E-state index is 12.5. The molecule has 0 saturated heterocycles. The number of amides is 1. The number of aromatic amines is 1. The standard InChI is InChI=1S/C23H20N4O/c1-15-10-12-18(13-11-15)21-14-22(26-25-21)23(28)27-24-16(2)19-9-5-7-17-6-3-4-8-20(17)19/h3-14H,1-2H3,(H,25,26)(H,27,28)/b24-16+. The Kier molecular flexibility index (Phi) is 4.72. The monoisotopic (exact) mass is 368 g/mol. The van der Waals surface area contributed by atoms with Gasteiger partial charge in [0.2, 0.25) is 0 Å². The zero-order chi connectivity index (χ0) is 19.5. The number of fused-ring (bicyclic) bond motifs is 1. The summed E-state index contributed by atoms with van der Waals surface area (Å²) >= 11 is 0. The molecule has 1 heterocycles. The molecule has 0 bridgehead atoms. The summed E-state index contributed by atoms with van der Waals surface area (Å²) in [5, 5.41) is 13.5. The number of carbonyl (C=O) groups excluding carboxylic acids is 1. The van der Waals surface area contributed by atoms with E-state index in [1.54, 1.807) is 6.07 Å². The Labute approximate surface area is 163 Å². The lowest BCUT2D eigenvalue weighted by molar-refractivity contribution is 0.0950. The van der Waals surface area contributed by atoms with Gasteiger partial charge in [-0.1, -0.05) is 72.3 Å². The third-order valence-electron chi connectivity index (χ3n) is 4.67. The number of benzene rings is 3. The van der Waals surface area contributed by atoms with E-state index in [-0.39, 0.29) is 5.91 Å². The first-order valence-electron chi connectivity index (χ1n) is 9.07. The Morgan fingerprint density at radius 3 is 2.57 bits per heavy atom. The first kappa shape index (κ1) is 17.7. The van der Waals surface area contributed by atoms with E-state index in [1.807, 2.05) is 68.4 Å². The number of hydrogen-bond donors (Lipinski definition) is 2. The number of aryl methyl sites for hydroxylation is 1. The number of carbonyl (C=O) groups is 1. The molecule has 1 aromatic heterocycles. The fourth-order valence-corrected chi connectivity index (χ4v) is 3.11. The van der Waals surface area contributed by atoms with Crippen molar-refractivity contribution in [3.05, 3.63) is 89.6 Å². The van der Waals surface area contributed by atoms with Crippen LogP contribution in [0.4, 0.5) is 0 Å². The van der Waals surface area contributed by atoms with Crippen LogP contribution >= 0.6 is 0 Å². The van der Waals surface area contributed by atoms with E-state index in [2.05, 4.69) is 32.9 Å². The molecular formula is C23H20N4O. The molecule has 3 aromatic carbocycles. The maximum atomic E-state index is 12.5. The lowest BCUT2D eigenvalue weighted by Crippen LogP contribution is -2.19. The van der Waals surface area contributed by atoms with Gasteiger partial charge in [0, 0.05) is 11.1 Å². The number of hydrazone groups is 1. The Morgan fingerprint density at radius 1 is 1.00 bits per heavy atom. The van der Waals surface area contributed by atoms with E-state index in [9.17, 15) is 4.79 Å². The number of nitrogens with one attached hydrogen (secondary N) is 2. The molecule has 4 rings (SSSR count). The molecule has 1 amide bonds. The molecule has 0 aliphatic rings. The van der Waals surface area contributed by atoms with Crippen LogP contribution in [0.3, 0.4) is 0 Å². The summed E-state index contributed by atoms with van der Waals surface area (Å²) in [5.74, 6) is -0.328. The van der Waals surface area contributed by atoms with Crippen LogP contribution in [0.1, 0.15) is 28.5 Å². The fourth-order valence-electron chi connectivity index (χ4n) is 3.11. The summed E-state index contributed by atoms with van der Waals surface area (Å²) in [4.78, 5) is 12.5. The minimum atomic E-state index is -0.328. The predicted molar refractivity (Wildman–Crippen MR) is 112 cm³/mol. The fraction of sp³-hybridized carbons (Fsp3) is 0.0870. The third kappa shape index (κ3) is 3.55. The van der Waals surface area contributed by atoms with Crippen molar-refractivity contribution in [1.29, 1.82) is 0 Å². The van der Waals surface area contributed by atoms with Crippen molar-refractivity contribution in [2.45, 2.75) is 13.8 Å². The molecule has 0 spiro atoms. The minimum absolute atomic E-state index is 0.328. The lowest BCUT2D eigenvalue weighted by atomic mass is 10.0. The smallest absolute Gasteiger partial charge is 0.272 e. The summed E-state index contributed by atoms with van der Waals surface area (Å²) in [6, 6.07) is 23.9. The molecule has 28 heavy (non-hydrogen) atoms. The van der Waals surface area contributed by atoms with E-state index >= 15 is 0 Å². The van der Waals surface area contributed by atoms with Gasteiger partial charge in [-0.05, 0) is 30.7 Å².